The molecule has 1 aromatic rings. The Morgan fingerprint density at radius 1 is 1.39 bits per heavy atom. The first-order valence-electron chi connectivity index (χ1n) is 6.15. The highest BCUT2D eigenvalue weighted by Gasteiger charge is 2.22. The van der Waals surface area contributed by atoms with Crippen LogP contribution in [0.1, 0.15) is 25.0 Å². The molecule has 2 unspecified atom stereocenters. The molecule has 0 aliphatic carbocycles. The number of halogens is 1. The van der Waals surface area contributed by atoms with E-state index < -0.39 is 0 Å². The summed E-state index contributed by atoms with van der Waals surface area (Å²) in [5.74, 6) is -0.305. The van der Waals surface area contributed by atoms with E-state index in [4.69, 9.17) is 10.00 Å². The summed E-state index contributed by atoms with van der Waals surface area (Å²) in [6.07, 6.45) is 0.352. The molecule has 18 heavy (non-hydrogen) atoms. The second kappa shape index (κ2) is 5.47. The summed E-state index contributed by atoms with van der Waals surface area (Å²) in [6.45, 7) is 6.23. The molecule has 1 heterocycles. The van der Waals surface area contributed by atoms with E-state index in [2.05, 4.69) is 4.90 Å². The number of nitrogens with zero attached hydrogens (tertiary/aromatic N) is 2. The molecule has 0 saturated carbocycles. The first-order valence-corrected chi connectivity index (χ1v) is 6.15. The molecule has 0 spiro atoms. The van der Waals surface area contributed by atoms with Crippen LogP contribution in [0, 0.1) is 17.1 Å². The van der Waals surface area contributed by atoms with Crippen molar-refractivity contribution >= 4 is 0 Å². The number of nitriles is 1. The fourth-order valence-electron chi connectivity index (χ4n) is 2.40. The Balaban J connectivity index is 2.07. The van der Waals surface area contributed by atoms with E-state index in [1.165, 1.54) is 6.07 Å². The van der Waals surface area contributed by atoms with Crippen molar-refractivity contribution in [3.05, 3.63) is 35.1 Å². The van der Waals surface area contributed by atoms with Crippen LogP contribution >= 0.6 is 0 Å². The molecule has 1 fully saturated rings. The van der Waals surface area contributed by atoms with Gasteiger partial charge in [0.25, 0.3) is 0 Å². The van der Waals surface area contributed by atoms with Gasteiger partial charge in [-0.25, -0.2) is 4.39 Å². The Morgan fingerprint density at radius 2 is 2.06 bits per heavy atom. The summed E-state index contributed by atoms with van der Waals surface area (Å²) >= 11 is 0. The van der Waals surface area contributed by atoms with Crippen LogP contribution in [0.15, 0.2) is 18.2 Å². The number of hydrogen-bond acceptors (Lipinski definition) is 3. The van der Waals surface area contributed by atoms with E-state index in [-0.39, 0.29) is 18.0 Å². The zero-order valence-electron chi connectivity index (χ0n) is 10.7. The van der Waals surface area contributed by atoms with Crippen LogP contribution in [0.4, 0.5) is 4.39 Å². The Morgan fingerprint density at radius 3 is 2.61 bits per heavy atom. The average Bonchev–Trinajstić information content (AvgIpc) is 2.30. The molecule has 1 aliphatic rings. The molecule has 3 nitrogen and oxygen atoms in total. The Bertz CT molecular complexity index is 459. The molecule has 2 atom stereocenters. The van der Waals surface area contributed by atoms with Gasteiger partial charge in [0, 0.05) is 25.2 Å². The van der Waals surface area contributed by atoms with E-state index >= 15 is 0 Å². The maximum absolute atomic E-state index is 13.8. The number of ether oxygens (including phenoxy) is 1. The highest BCUT2D eigenvalue weighted by atomic mass is 19.1. The minimum Gasteiger partial charge on any atom is -0.373 e. The van der Waals surface area contributed by atoms with Crippen molar-refractivity contribution in [2.24, 2.45) is 0 Å². The van der Waals surface area contributed by atoms with Crippen LogP contribution in [-0.4, -0.2) is 30.2 Å². The predicted octanol–water partition coefficient (Wildman–Crippen LogP) is 2.31. The molecule has 0 bridgehead atoms. The van der Waals surface area contributed by atoms with Crippen LogP contribution in [0.3, 0.4) is 0 Å². The lowest BCUT2D eigenvalue weighted by atomic mass is 10.1. The number of benzene rings is 1. The lowest BCUT2D eigenvalue weighted by Crippen LogP contribution is -2.44. The SMILES string of the molecule is CC1CN(Cc2ccc(C#N)cc2F)CC(C)O1. The predicted molar refractivity (Wildman–Crippen MR) is 66.4 cm³/mol. The lowest BCUT2D eigenvalue weighted by molar-refractivity contribution is -0.0707. The number of morpholine rings is 1. The standard InChI is InChI=1S/C14H17FN2O/c1-10-7-17(8-11(2)18-10)9-13-4-3-12(6-16)5-14(13)15/h3-5,10-11H,7-9H2,1-2H3. The van der Waals surface area contributed by atoms with Crippen molar-refractivity contribution in [1.82, 2.24) is 4.90 Å². The van der Waals surface area contributed by atoms with Crippen LogP contribution in [0.25, 0.3) is 0 Å². The third-order valence-corrected chi connectivity index (χ3v) is 3.07. The Kier molecular flexibility index (Phi) is 3.95. The third-order valence-electron chi connectivity index (χ3n) is 3.07. The van der Waals surface area contributed by atoms with Gasteiger partial charge in [0.05, 0.1) is 23.8 Å². The molecule has 4 heteroatoms. The minimum absolute atomic E-state index is 0.176. The van der Waals surface area contributed by atoms with Gasteiger partial charge < -0.3 is 4.74 Å². The number of rotatable bonds is 2. The molecule has 2 rings (SSSR count). The molecule has 96 valence electrons. The van der Waals surface area contributed by atoms with Gasteiger partial charge in [-0.3, -0.25) is 4.90 Å². The van der Waals surface area contributed by atoms with Gasteiger partial charge in [-0.15, -0.1) is 0 Å². The minimum atomic E-state index is -0.305. The van der Waals surface area contributed by atoms with Gasteiger partial charge in [0.2, 0.25) is 0 Å². The van der Waals surface area contributed by atoms with Gasteiger partial charge in [0.1, 0.15) is 5.82 Å². The van der Waals surface area contributed by atoms with Crippen LogP contribution < -0.4 is 0 Å². The van der Waals surface area contributed by atoms with Gasteiger partial charge >= 0.3 is 0 Å². The van der Waals surface area contributed by atoms with E-state index in [1.54, 1.807) is 12.1 Å². The van der Waals surface area contributed by atoms with Crippen molar-refractivity contribution in [3.63, 3.8) is 0 Å². The summed E-state index contributed by atoms with van der Waals surface area (Å²) < 4.78 is 19.4. The maximum atomic E-state index is 13.8. The first kappa shape index (κ1) is 13.0. The monoisotopic (exact) mass is 248 g/mol. The summed E-state index contributed by atoms with van der Waals surface area (Å²) in [5.41, 5.74) is 0.996. The second-order valence-corrected chi connectivity index (χ2v) is 4.87. The maximum Gasteiger partial charge on any atom is 0.129 e. The van der Waals surface area contributed by atoms with E-state index in [0.29, 0.717) is 17.7 Å². The molecule has 1 aliphatic heterocycles. The van der Waals surface area contributed by atoms with Gasteiger partial charge in [-0.05, 0) is 26.0 Å². The van der Waals surface area contributed by atoms with Gasteiger partial charge in [-0.1, -0.05) is 6.07 Å². The summed E-state index contributed by atoms with van der Waals surface area (Å²) in [5, 5.41) is 8.70. The van der Waals surface area contributed by atoms with Gasteiger partial charge in [0.15, 0.2) is 0 Å². The van der Waals surface area contributed by atoms with Crippen LogP contribution in [0.5, 0.6) is 0 Å². The van der Waals surface area contributed by atoms with E-state index in [1.807, 2.05) is 19.9 Å². The highest BCUT2D eigenvalue weighted by Crippen LogP contribution is 2.17. The molecular formula is C14H17FN2O. The van der Waals surface area contributed by atoms with Crippen molar-refractivity contribution in [1.29, 1.82) is 5.26 Å². The fraction of sp³-hybridized carbons (Fsp3) is 0.500. The fourth-order valence-corrected chi connectivity index (χ4v) is 2.40. The van der Waals surface area contributed by atoms with E-state index in [0.717, 1.165) is 13.1 Å². The smallest absolute Gasteiger partial charge is 0.129 e. The van der Waals surface area contributed by atoms with Crippen molar-refractivity contribution < 1.29 is 9.13 Å². The summed E-state index contributed by atoms with van der Waals surface area (Å²) in [4.78, 5) is 2.18. The molecular weight excluding hydrogens is 231 g/mol. The molecule has 0 N–H and O–H groups in total. The molecule has 0 radical (unpaired) electrons. The van der Waals surface area contributed by atoms with Crippen LogP contribution in [0.2, 0.25) is 0 Å². The number of hydrogen-bond donors (Lipinski definition) is 0. The lowest BCUT2D eigenvalue weighted by Gasteiger charge is -2.35. The summed E-state index contributed by atoms with van der Waals surface area (Å²) in [6, 6.07) is 6.59. The Labute approximate surface area is 107 Å². The second-order valence-electron chi connectivity index (χ2n) is 4.87. The first-order chi connectivity index (χ1) is 8.58. The van der Waals surface area contributed by atoms with Crippen molar-refractivity contribution in [3.8, 4) is 6.07 Å². The quantitative estimate of drug-likeness (QED) is 0.805. The zero-order chi connectivity index (χ0) is 13.1. The molecule has 1 aromatic carbocycles. The zero-order valence-corrected chi connectivity index (χ0v) is 10.7. The van der Waals surface area contributed by atoms with E-state index in [9.17, 15) is 4.39 Å². The third kappa shape index (κ3) is 3.06. The van der Waals surface area contributed by atoms with Crippen molar-refractivity contribution in [2.75, 3.05) is 13.1 Å². The van der Waals surface area contributed by atoms with Crippen molar-refractivity contribution in [2.45, 2.75) is 32.6 Å². The molecule has 1 saturated heterocycles. The molecule has 0 amide bonds. The molecule has 0 aromatic heterocycles. The largest absolute Gasteiger partial charge is 0.373 e. The van der Waals surface area contributed by atoms with Crippen LogP contribution in [-0.2, 0) is 11.3 Å². The Hall–Kier alpha value is -1.44. The van der Waals surface area contributed by atoms with Gasteiger partial charge in [-0.2, -0.15) is 5.26 Å². The summed E-state index contributed by atoms with van der Waals surface area (Å²) in [7, 11) is 0. The average molecular weight is 248 g/mol. The topological polar surface area (TPSA) is 36.3 Å². The normalized spacial score (nSPS) is 24.8. The highest BCUT2D eigenvalue weighted by molar-refractivity contribution is 5.32.